The van der Waals surface area contributed by atoms with Crippen LogP contribution in [-0.2, 0) is 4.79 Å². The number of aryl methyl sites for hydroxylation is 1. The van der Waals surface area contributed by atoms with E-state index >= 15 is 0 Å². The Bertz CT molecular complexity index is 426. The van der Waals surface area contributed by atoms with Crippen molar-refractivity contribution in [2.24, 2.45) is 0 Å². The molecule has 0 N–H and O–H groups in total. The molecule has 4 nitrogen and oxygen atoms in total. The number of aromatic nitrogens is 2. The summed E-state index contributed by atoms with van der Waals surface area (Å²) in [4.78, 5) is 16.7. The van der Waals surface area contributed by atoms with Crippen molar-refractivity contribution in [3.63, 3.8) is 0 Å². The van der Waals surface area contributed by atoms with Crippen LogP contribution in [0.5, 0.6) is 5.88 Å². The predicted octanol–water partition coefficient (Wildman–Crippen LogP) is 1.63. The standard InChI is InChI=1S/C8H8N2O2S/c1-5-3-10-4-7(12-6(2)11)9-8(10)13-5/h3-4H,1-2H3. The molecule has 2 aromatic heterocycles. The minimum absolute atomic E-state index is 0.345. The summed E-state index contributed by atoms with van der Waals surface area (Å²) < 4.78 is 6.68. The number of fused-ring (bicyclic) bond motifs is 1. The molecule has 68 valence electrons. The van der Waals surface area contributed by atoms with Gasteiger partial charge in [0.2, 0.25) is 5.88 Å². The topological polar surface area (TPSA) is 43.6 Å². The molecule has 0 aliphatic rings. The number of nitrogens with zero attached hydrogens (tertiary/aromatic N) is 2. The Balaban J connectivity index is 2.39. The fraction of sp³-hybridized carbons (Fsp3) is 0.250. The van der Waals surface area contributed by atoms with E-state index in [1.807, 2.05) is 17.5 Å². The van der Waals surface area contributed by atoms with E-state index in [-0.39, 0.29) is 5.97 Å². The maximum absolute atomic E-state index is 10.6. The fourth-order valence-electron chi connectivity index (χ4n) is 1.09. The van der Waals surface area contributed by atoms with E-state index in [1.54, 1.807) is 17.5 Å². The van der Waals surface area contributed by atoms with Gasteiger partial charge in [-0.2, -0.15) is 4.98 Å². The lowest BCUT2D eigenvalue weighted by Crippen LogP contribution is -2.01. The summed E-state index contributed by atoms with van der Waals surface area (Å²) >= 11 is 1.56. The van der Waals surface area contributed by atoms with Crippen molar-refractivity contribution in [1.29, 1.82) is 0 Å². The van der Waals surface area contributed by atoms with Gasteiger partial charge in [0.1, 0.15) is 0 Å². The Kier molecular flexibility index (Phi) is 1.81. The van der Waals surface area contributed by atoms with E-state index in [0.29, 0.717) is 5.88 Å². The van der Waals surface area contributed by atoms with Crippen LogP contribution in [0.2, 0.25) is 0 Å². The van der Waals surface area contributed by atoms with Crippen LogP contribution in [-0.4, -0.2) is 15.4 Å². The molecule has 0 aromatic carbocycles. The summed E-state index contributed by atoms with van der Waals surface area (Å²) in [5.74, 6) is 0.0150. The normalized spacial score (nSPS) is 10.6. The number of hydrogen-bond donors (Lipinski definition) is 0. The molecule has 0 aliphatic carbocycles. The van der Waals surface area contributed by atoms with Gasteiger partial charge >= 0.3 is 5.97 Å². The number of imidazole rings is 1. The van der Waals surface area contributed by atoms with Crippen molar-refractivity contribution >= 4 is 22.3 Å². The van der Waals surface area contributed by atoms with Crippen molar-refractivity contribution in [2.75, 3.05) is 0 Å². The molecule has 0 spiro atoms. The smallest absolute Gasteiger partial charge is 0.309 e. The summed E-state index contributed by atoms with van der Waals surface area (Å²) in [6.07, 6.45) is 3.64. The second kappa shape index (κ2) is 2.85. The molecule has 0 saturated carbocycles. The van der Waals surface area contributed by atoms with Gasteiger partial charge in [-0.3, -0.25) is 9.20 Å². The fourth-order valence-corrected chi connectivity index (χ4v) is 1.89. The highest BCUT2D eigenvalue weighted by Crippen LogP contribution is 2.19. The van der Waals surface area contributed by atoms with Crippen LogP contribution in [0.25, 0.3) is 4.96 Å². The van der Waals surface area contributed by atoms with E-state index in [4.69, 9.17) is 4.74 Å². The molecule has 0 aliphatic heterocycles. The van der Waals surface area contributed by atoms with Gasteiger partial charge in [-0.25, -0.2) is 0 Å². The van der Waals surface area contributed by atoms with Gasteiger partial charge < -0.3 is 4.74 Å². The second-order valence-electron chi connectivity index (χ2n) is 2.70. The number of carbonyl (C=O) groups is 1. The largest absolute Gasteiger partial charge is 0.406 e. The molecule has 0 bridgehead atoms. The van der Waals surface area contributed by atoms with Gasteiger partial charge in [-0.15, -0.1) is 11.3 Å². The van der Waals surface area contributed by atoms with Crippen LogP contribution in [0.3, 0.4) is 0 Å². The van der Waals surface area contributed by atoms with Gasteiger partial charge in [0.25, 0.3) is 0 Å². The summed E-state index contributed by atoms with van der Waals surface area (Å²) in [6.45, 7) is 3.36. The Hall–Kier alpha value is -1.36. The Morgan fingerprint density at radius 2 is 2.38 bits per heavy atom. The molecule has 0 atom stereocenters. The zero-order chi connectivity index (χ0) is 9.42. The summed E-state index contributed by atoms with van der Waals surface area (Å²) in [7, 11) is 0. The summed E-state index contributed by atoms with van der Waals surface area (Å²) in [5, 5.41) is 0. The first kappa shape index (κ1) is 8.25. The van der Waals surface area contributed by atoms with E-state index < -0.39 is 0 Å². The van der Waals surface area contributed by atoms with Crippen LogP contribution in [0, 0.1) is 6.92 Å². The molecular formula is C8H8N2O2S. The van der Waals surface area contributed by atoms with E-state index in [2.05, 4.69) is 4.98 Å². The first-order valence-electron chi connectivity index (χ1n) is 3.79. The quantitative estimate of drug-likeness (QED) is 0.651. The third-order valence-corrected chi connectivity index (χ3v) is 2.41. The molecule has 0 unspecified atom stereocenters. The molecular weight excluding hydrogens is 188 g/mol. The van der Waals surface area contributed by atoms with Crippen LogP contribution in [0.4, 0.5) is 0 Å². The molecule has 13 heavy (non-hydrogen) atoms. The van der Waals surface area contributed by atoms with Crippen LogP contribution in [0.1, 0.15) is 11.8 Å². The van der Waals surface area contributed by atoms with Crippen molar-refractivity contribution in [2.45, 2.75) is 13.8 Å². The van der Waals surface area contributed by atoms with Gasteiger partial charge in [0.05, 0.1) is 6.20 Å². The van der Waals surface area contributed by atoms with Crippen LogP contribution >= 0.6 is 11.3 Å². The first-order valence-corrected chi connectivity index (χ1v) is 4.60. The predicted molar refractivity (Wildman–Crippen MR) is 49.1 cm³/mol. The lowest BCUT2D eigenvalue weighted by Gasteiger charge is -1.91. The average Bonchev–Trinajstić information content (AvgIpc) is 2.41. The van der Waals surface area contributed by atoms with Gasteiger partial charge in [-0.1, -0.05) is 0 Å². The number of thiazole rings is 1. The van der Waals surface area contributed by atoms with E-state index in [0.717, 1.165) is 4.96 Å². The molecule has 0 radical (unpaired) electrons. The van der Waals surface area contributed by atoms with Crippen molar-refractivity contribution in [3.8, 4) is 5.88 Å². The summed E-state index contributed by atoms with van der Waals surface area (Å²) in [6, 6.07) is 0. The van der Waals surface area contributed by atoms with Crippen LogP contribution in [0.15, 0.2) is 12.4 Å². The monoisotopic (exact) mass is 196 g/mol. The molecule has 2 aromatic rings. The number of ether oxygens (including phenoxy) is 1. The van der Waals surface area contributed by atoms with Gasteiger partial charge in [-0.05, 0) is 6.92 Å². The molecule has 0 fully saturated rings. The highest BCUT2D eigenvalue weighted by molar-refractivity contribution is 7.16. The number of esters is 1. The first-order chi connectivity index (χ1) is 6.15. The Morgan fingerprint density at radius 1 is 1.62 bits per heavy atom. The van der Waals surface area contributed by atoms with Gasteiger partial charge in [0, 0.05) is 18.0 Å². The van der Waals surface area contributed by atoms with Crippen molar-refractivity contribution in [3.05, 3.63) is 17.3 Å². The number of rotatable bonds is 1. The third-order valence-electron chi connectivity index (χ3n) is 1.50. The minimum Gasteiger partial charge on any atom is -0.406 e. The van der Waals surface area contributed by atoms with Crippen molar-refractivity contribution < 1.29 is 9.53 Å². The number of carbonyl (C=O) groups excluding carboxylic acids is 1. The molecule has 0 saturated heterocycles. The maximum Gasteiger partial charge on any atom is 0.309 e. The van der Waals surface area contributed by atoms with E-state index in [1.165, 1.54) is 11.8 Å². The maximum atomic E-state index is 10.6. The second-order valence-corrected chi connectivity index (χ2v) is 3.92. The lowest BCUT2D eigenvalue weighted by molar-refractivity contribution is -0.132. The minimum atomic E-state index is -0.345. The highest BCUT2D eigenvalue weighted by atomic mass is 32.1. The molecule has 2 rings (SSSR count). The Morgan fingerprint density at radius 3 is 3.00 bits per heavy atom. The van der Waals surface area contributed by atoms with Crippen LogP contribution < -0.4 is 4.74 Å². The lowest BCUT2D eigenvalue weighted by atomic mass is 10.6. The summed E-state index contributed by atoms with van der Waals surface area (Å²) in [5.41, 5.74) is 0. The zero-order valence-corrected chi connectivity index (χ0v) is 8.09. The van der Waals surface area contributed by atoms with E-state index in [9.17, 15) is 4.79 Å². The SMILES string of the molecule is CC(=O)Oc1cn2cc(C)sc2n1. The average molecular weight is 196 g/mol. The highest BCUT2D eigenvalue weighted by Gasteiger charge is 2.06. The Labute approximate surface area is 78.8 Å². The zero-order valence-electron chi connectivity index (χ0n) is 7.27. The molecule has 0 amide bonds. The molecule has 5 heteroatoms. The van der Waals surface area contributed by atoms with Gasteiger partial charge in [0.15, 0.2) is 4.96 Å². The number of hydrogen-bond acceptors (Lipinski definition) is 4. The third kappa shape index (κ3) is 1.55. The molecule has 2 heterocycles. The van der Waals surface area contributed by atoms with Crippen molar-refractivity contribution in [1.82, 2.24) is 9.38 Å².